The molecule has 0 aliphatic heterocycles. The van der Waals surface area contributed by atoms with E-state index in [0.29, 0.717) is 21.5 Å². The third kappa shape index (κ3) is 3.23. The number of halogens is 1. The molecule has 1 heterocycles. The fourth-order valence-electron chi connectivity index (χ4n) is 1.53. The molecule has 3 N–H and O–H groups in total. The van der Waals surface area contributed by atoms with Crippen LogP contribution >= 0.6 is 15.9 Å². The first-order valence-corrected chi connectivity index (χ1v) is 6.26. The summed E-state index contributed by atoms with van der Waals surface area (Å²) < 4.78 is 5.78. The lowest BCUT2D eigenvalue weighted by atomic mass is 10.2. The van der Waals surface area contributed by atoms with Gasteiger partial charge in [-0.3, -0.25) is 4.79 Å². The molecule has 1 amide bonds. The van der Waals surface area contributed by atoms with Crippen LogP contribution in [0.5, 0.6) is 5.75 Å². The average Bonchev–Trinajstić information content (AvgIpc) is 2.41. The number of nitrogens with two attached hydrogens (primary N) is 1. The number of amides is 1. The van der Waals surface area contributed by atoms with Crippen molar-refractivity contribution in [3.63, 3.8) is 0 Å². The molecule has 98 valence electrons. The Balaban J connectivity index is 2.23. The number of carbonyl (C=O) groups excluding carboxylic acids is 1. The van der Waals surface area contributed by atoms with Gasteiger partial charge in [0.15, 0.2) is 0 Å². The van der Waals surface area contributed by atoms with Gasteiger partial charge in [-0.2, -0.15) is 0 Å². The van der Waals surface area contributed by atoms with Crippen LogP contribution in [0.3, 0.4) is 0 Å². The number of aromatic nitrogens is 1. The van der Waals surface area contributed by atoms with Gasteiger partial charge < -0.3 is 15.8 Å². The molecule has 0 fully saturated rings. The molecule has 0 unspecified atom stereocenters. The van der Waals surface area contributed by atoms with Gasteiger partial charge in [0.2, 0.25) is 0 Å². The second kappa shape index (κ2) is 5.71. The molecular formula is C13H12BrN3O2. The van der Waals surface area contributed by atoms with Crippen molar-refractivity contribution in [1.82, 2.24) is 4.98 Å². The molecule has 6 heteroatoms. The van der Waals surface area contributed by atoms with Gasteiger partial charge in [-0.15, -0.1) is 0 Å². The van der Waals surface area contributed by atoms with Crippen LogP contribution in [-0.4, -0.2) is 18.0 Å². The molecule has 0 aliphatic rings. The predicted molar refractivity (Wildman–Crippen MR) is 77.3 cm³/mol. The van der Waals surface area contributed by atoms with E-state index >= 15 is 0 Å². The highest BCUT2D eigenvalue weighted by Gasteiger charge is 2.11. The number of hydrogen-bond acceptors (Lipinski definition) is 4. The molecule has 0 bridgehead atoms. The second-order valence-electron chi connectivity index (χ2n) is 3.77. The molecule has 1 aromatic heterocycles. The summed E-state index contributed by atoms with van der Waals surface area (Å²) in [4.78, 5) is 16.0. The lowest BCUT2D eigenvalue weighted by Gasteiger charge is -2.08. The number of anilines is 2. The van der Waals surface area contributed by atoms with Crippen LogP contribution in [0.4, 0.5) is 11.5 Å². The van der Waals surface area contributed by atoms with Crippen molar-refractivity contribution in [3.05, 3.63) is 46.6 Å². The zero-order chi connectivity index (χ0) is 13.8. The van der Waals surface area contributed by atoms with Gasteiger partial charge in [0.25, 0.3) is 5.91 Å². The number of hydrogen-bond donors (Lipinski definition) is 2. The lowest BCUT2D eigenvalue weighted by Crippen LogP contribution is -2.14. The maximum Gasteiger partial charge on any atom is 0.259 e. The Morgan fingerprint density at radius 1 is 1.42 bits per heavy atom. The van der Waals surface area contributed by atoms with Gasteiger partial charge in [-0.05, 0) is 34.1 Å². The van der Waals surface area contributed by atoms with Crippen molar-refractivity contribution in [2.45, 2.75) is 0 Å². The van der Waals surface area contributed by atoms with Crippen LogP contribution in [0.15, 0.2) is 41.0 Å². The summed E-state index contributed by atoms with van der Waals surface area (Å²) in [5, 5.41) is 2.74. The number of nitrogen functional groups attached to an aromatic ring is 1. The zero-order valence-corrected chi connectivity index (χ0v) is 11.8. The first-order valence-electron chi connectivity index (χ1n) is 5.46. The normalized spacial score (nSPS) is 10.0. The van der Waals surface area contributed by atoms with Crippen molar-refractivity contribution >= 4 is 33.3 Å². The molecule has 0 aliphatic carbocycles. The molecule has 2 rings (SSSR count). The minimum Gasteiger partial charge on any atom is -0.497 e. The van der Waals surface area contributed by atoms with Gasteiger partial charge in [0, 0.05) is 22.4 Å². The largest absolute Gasteiger partial charge is 0.497 e. The number of nitrogens with zero attached hydrogens (tertiary/aromatic N) is 1. The van der Waals surface area contributed by atoms with Gasteiger partial charge >= 0.3 is 0 Å². The van der Waals surface area contributed by atoms with Gasteiger partial charge in [0.05, 0.1) is 12.7 Å². The predicted octanol–water partition coefficient (Wildman–Crippen LogP) is 2.69. The van der Waals surface area contributed by atoms with E-state index in [9.17, 15) is 4.79 Å². The monoisotopic (exact) mass is 321 g/mol. The summed E-state index contributed by atoms with van der Waals surface area (Å²) in [5.41, 5.74) is 6.63. The maximum atomic E-state index is 12.1. The summed E-state index contributed by atoms with van der Waals surface area (Å²) in [6, 6.07) is 8.70. The van der Waals surface area contributed by atoms with Crippen molar-refractivity contribution in [3.8, 4) is 5.75 Å². The Labute approximate surface area is 118 Å². The summed E-state index contributed by atoms with van der Waals surface area (Å²) in [6.07, 6.45) is 1.54. The van der Waals surface area contributed by atoms with Crippen LogP contribution < -0.4 is 15.8 Å². The fourth-order valence-corrected chi connectivity index (χ4v) is 1.86. The molecule has 5 nitrogen and oxygen atoms in total. The molecule has 2 aromatic rings. The molecule has 19 heavy (non-hydrogen) atoms. The number of rotatable bonds is 3. The Bertz CT molecular complexity index is 617. The van der Waals surface area contributed by atoms with Crippen molar-refractivity contribution in [2.24, 2.45) is 0 Å². The minimum absolute atomic E-state index is 0.184. The number of pyridine rings is 1. The molecule has 0 atom stereocenters. The van der Waals surface area contributed by atoms with E-state index in [0.717, 1.165) is 0 Å². The summed E-state index contributed by atoms with van der Waals surface area (Å²) in [7, 11) is 1.57. The van der Waals surface area contributed by atoms with Gasteiger partial charge in [-0.1, -0.05) is 6.07 Å². The number of methoxy groups -OCH3 is 1. The van der Waals surface area contributed by atoms with Crippen LogP contribution in [0.1, 0.15) is 10.4 Å². The standard InChI is InChI=1S/C13H12BrN3O2/c1-19-10-4-2-3-9(6-10)17-13(18)11-5-8(14)7-16-12(11)15/h2-7H,1H3,(H2,15,16)(H,17,18). The molecule has 0 radical (unpaired) electrons. The molecule has 1 aromatic carbocycles. The van der Waals surface area contributed by atoms with E-state index in [-0.39, 0.29) is 11.7 Å². The van der Waals surface area contributed by atoms with Crippen LogP contribution in [-0.2, 0) is 0 Å². The van der Waals surface area contributed by atoms with Crippen LogP contribution in [0, 0.1) is 0 Å². The molecule has 0 spiro atoms. The van der Waals surface area contributed by atoms with Crippen molar-refractivity contribution in [1.29, 1.82) is 0 Å². The van der Waals surface area contributed by atoms with E-state index in [1.807, 2.05) is 0 Å². The van der Waals surface area contributed by atoms with Gasteiger partial charge in [-0.25, -0.2) is 4.98 Å². The van der Waals surface area contributed by atoms with Crippen LogP contribution in [0.2, 0.25) is 0 Å². The van der Waals surface area contributed by atoms with Crippen molar-refractivity contribution in [2.75, 3.05) is 18.2 Å². The Kier molecular flexibility index (Phi) is 4.01. The van der Waals surface area contributed by atoms with E-state index in [1.165, 1.54) is 6.20 Å². The SMILES string of the molecule is COc1cccc(NC(=O)c2cc(Br)cnc2N)c1. The average molecular weight is 322 g/mol. The van der Waals surface area contributed by atoms with Gasteiger partial charge in [0.1, 0.15) is 11.6 Å². The number of ether oxygens (including phenoxy) is 1. The topological polar surface area (TPSA) is 77.2 Å². The van der Waals surface area contributed by atoms with Crippen molar-refractivity contribution < 1.29 is 9.53 Å². The van der Waals surface area contributed by atoms with E-state index in [2.05, 4.69) is 26.2 Å². The number of benzene rings is 1. The minimum atomic E-state index is -0.320. The summed E-state index contributed by atoms with van der Waals surface area (Å²) in [6.45, 7) is 0. The molecule has 0 saturated carbocycles. The van der Waals surface area contributed by atoms with Crippen LogP contribution in [0.25, 0.3) is 0 Å². The van der Waals surface area contributed by atoms with E-state index in [1.54, 1.807) is 37.4 Å². The smallest absolute Gasteiger partial charge is 0.259 e. The Morgan fingerprint density at radius 3 is 2.95 bits per heavy atom. The highest BCUT2D eigenvalue weighted by atomic mass is 79.9. The summed E-state index contributed by atoms with van der Waals surface area (Å²) >= 11 is 3.25. The first kappa shape index (κ1) is 13.4. The lowest BCUT2D eigenvalue weighted by molar-refractivity contribution is 0.102. The first-order chi connectivity index (χ1) is 9.10. The molecule has 0 saturated heterocycles. The fraction of sp³-hybridized carbons (Fsp3) is 0.0769. The zero-order valence-electron chi connectivity index (χ0n) is 10.2. The Morgan fingerprint density at radius 2 is 2.21 bits per heavy atom. The maximum absolute atomic E-state index is 12.1. The van der Waals surface area contributed by atoms with E-state index < -0.39 is 0 Å². The molecular weight excluding hydrogens is 310 g/mol. The quantitative estimate of drug-likeness (QED) is 0.911. The summed E-state index contributed by atoms with van der Waals surface area (Å²) in [5.74, 6) is 0.529. The third-order valence-electron chi connectivity index (χ3n) is 2.46. The second-order valence-corrected chi connectivity index (χ2v) is 4.69. The highest BCUT2D eigenvalue weighted by molar-refractivity contribution is 9.10. The highest BCUT2D eigenvalue weighted by Crippen LogP contribution is 2.20. The third-order valence-corrected chi connectivity index (χ3v) is 2.89. The Hall–Kier alpha value is -2.08. The number of carbonyl (C=O) groups is 1. The van der Waals surface area contributed by atoms with E-state index in [4.69, 9.17) is 10.5 Å². The number of nitrogens with one attached hydrogen (secondary N) is 1.